The first kappa shape index (κ1) is 7.22. The molecular formula is C8H10NO. The number of aryl methyl sites for hydroxylation is 2. The third-order valence-corrected chi connectivity index (χ3v) is 1.31. The van der Waals surface area contributed by atoms with Crippen molar-refractivity contribution in [3.8, 4) is 0 Å². The molecule has 0 amide bonds. The predicted octanol–water partition coefficient (Wildman–Crippen LogP) is 1.63. The van der Waals surface area contributed by atoms with Gasteiger partial charge in [-0.15, -0.1) is 0 Å². The van der Waals surface area contributed by atoms with Gasteiger partial charge in [0.1, 0.15) is 6.61 Å². The van der Waals surface area contributed by atoms with E-state index in [4.69, 9.17) is 0 Å². The fourth-order valence-electron chi connectivity index (χ4n) is 1.00. The summed E-state index contributed by atoms with van der Waals surface area (Å²) in [6, 6.07) is 3.64. The SMILES string of the molecule is Cc1cc(C[O])cc(C)n1. The molecule has 10 heavy (non-hydrogen) atoms. The Labute approximate surface area is 60.5 Å². The first-order valence-corrected chi connectivity index (χ1v) is 3.24. The summed E-state index contributed by atoms with van der Waals surface area (Å²) in [5.74, 6) is 0. The fraction of sp³-hybridized carbons (Fsp3) is 0.375. The van der Waals surface area contributed by atoms with Crippen LogP contribution in [0.4, 0.5) is 0 Å². The van der Waals surface area contributed by atoms with E-state index in [-0.39, 0.29) is 6.61 Å². The molecule has 0 aliphatic carbocycles. The first-order chi connectivity index (χ1) is 4.72. The smallest absolute Gasteiger partial charge is 0.107 e. The zero-order valence-corrected chi connectivity index (χ0v) is 6.22. The molecule has 0 aliphatic rings. The van der Waals surface area contributed by atoms with E-state index < -0.39 is 0 Å². The molecular weight excluding hydrogens is 126 g/mol. The molecule has 0 N–H and O–H groups in total. The molecule has 0 spiro atoms. The van der Waals surface area contributed by atoms with Gasteiger partial charge in [-0.1, -0.05) is 0 Å². The lowest BCUT2D eigenvalue weighted by molar-refractivity contribution is 0.177. The van der Waals surface area contributed by atoms with Crippen molar-refractivity contribution >= 4 is 0 Å². The highest BCUT2D eigenvalue weighted by Crippen LogP contribution is 2.03. The van der Waals surface area contributed by atoms with Crippen molar-refractivity contribution in [3.05, 3.63) is 29.1 Å². The van der Waals surface area contributed by atoms with Gasteiger partial charge in [0.25, 0.3) is 0 Å². The molecule has 0 unspecified atom stereocenters. The highest BCUT2D eigenvalue weighted by Gasteiger charge is 1.94. The number of hydrogen-bond donors (Lipinski definition) is 0. The van der Waals surface area contributed by atoms with Gasteiger partial charge in [-0.3, -0.25) is 4.98 Å². The van der Waals surface area contributed by atoms with Gasteiger partial charge >= 0.3 is 0 Å². The van der Waals surface area contributed by atoms with Gasteiger partial charge in [-0.05, 0) is 31.5 Å². The number of aromatic nitrogens is 1. The molecule has 0 bridgehead atoms. The maximum absolute atomic E-state index is 10.4. The van der Waals surface area contributed by atoms with Gasteiger partial charge in [0, 0.05) is 11.4 Å². The van der Waals surface area contributed by atoms with Crippen molar-refractivity contribution in [1.82, 2.24) is 4.98 Å². The summed E-state index contributed by atoms with van der Waals surface area (Å²) in [5, 5.41) is 10.4. The van der Waals surface area contributed by atoms with Gasteiger partial charge in [0.2, 0.25) is 0 Å². The largest absolute Gasteiger partial charge is 0.258 e. The van der Waals surface area contributed by atoms with Crippen molar-refractivity contribution in [3.63, 3.8) is 0 Å². The van der Waals surface area contributed by atoms with E-state index in [2.05, 4.69) is 4.98 Å². The standard InChI is InChI=1S/C8H10NO/c1-6-3-8(5-10)4-7(2)9-6/h3-4H,5H2,1-2H3. The van der Waals surface area contributed by atoms with Crippen LogP contribution in [0.5, 0.6) is 0 Å². The lowest BCUT2D eigenvalue weighted by atomic mass is 10.2. The monoisotopic (exact) mass is 136 g/mol. The van der Waals surface area contributed by atoms with E-state index in [1.165, 1.54) is 0 Å². The average Bonchev–Trinajstić information content (AvgIpc) is 1.85. The lowest BCUT2D eigenvalue weighted by Gasteiger charge is -1.98. The molecule has 1 aromatic heterocycles. The molecule has 2 nitrogen and oxygen atoms in total. The van der Waals surface area contributed by atoms with E-state index in [9.17, 15) is 5.11 Å². The Morgan fingerprint density at radius 2 is 1.80 bits per heavy atom. The second kappa shape index (κ2) is 2.80. The third-order valence-electron chi connectivity index (χ3n) is 1.31. The highest BCUT2D eigenvalue weighted by atomic mass is 16.3. The van der Waals surface area contributed by atoms with Crippen molar-refractivity contribution in [2.45, 2.75) is 20.5 Å². The van der Waals surface area contributed by atoms with Crippen molar-refractivity contribution in [1.29, 1.82) is 0 Å². The zero-order valence-electron chi connectivity index (χ0n) is 6.22. The van der Waals surface area contributed by atoms with Crippen LogP contribution in [0.3, 0.4) is 0 Å². The molecule has 2 heteroatoms. The van der Waals surface area contributed by atoms with Crippen LogP contribution >= 0.6 is 0 Å². The summed E-state index contributed by atoms with van der Waals surface area (Å²) in [4.78, 5) is 4.14. The molecule has 0 aromatic carbocycles. The van der Waals surface area contributed by atoms with Crippen LogP contribution in [0.15, 0.2) is 12.1 Å². The molecule has 53 valence electrons. The Bertz CT molecular complexity index is 212. The Kier molecular flexibility index (Phi) is 2.02. The Morgan fingerprint density at radius 3 is 2.20 bits per heavy atom. The van der Waals surface area contributed by atoms with Gasteiger partial charge in [-0.25, -0.2) is 5.11 Å². The van der Waals surface area contributed by atoms with Crippen molar-refractivity contribution in [2.24, 2.45) is 0 Å². The van der Waals surface area contributed by atoms with Gasteiger partial charge in [0.15, 0.2) is 0 Å². The number of hydrogen-bond acceptors (Lipinski definition) is 1. The van der Waals surface area contributed by atoms with Gasteiger partial charge in [0.05, 0.1) is 0 Å². The summed E-state index contributed by atoms with van der Waals surface area (Å²) in [5.41, 5.74) is 2.67. The lowest BCUT2D eigenvalue weighted by Crippen LogP contribution is -1.89. The molecule has 0 aliphatic heterocycles. The normalized spacial score (nSPS) is 9.90. The van der Waals surface area contributed by atoms with Crippen molar-refractivity contribution < 1.29 is 5.11 Å². The summed E-state index contributed by atoms with van der Waals surface area (Å²) in [7, 11) is 0. The van der Waals surface area contributed by atoms with E-state index in [0.717, 1.165) is 17.0 Å². The highest BCUT2D eigenvalue weighted by molar-refractivity contribution is 5.19. The second-order valence-corrected chi connectivity index (χ2v) is 2.40. The molecule has 0 atom stereocenters. The zero-order chi connectivity index (χ0) is 7.56. The van der Waals surface area contributed by atoms with E-state index in [1.807, 2.05) is 26.0 Å². The Hall–Kier alpha value is -0.890. The second-order valence-electron chi connectivity index (χ2n) is 2.40. The van der Waals surface area contributed by atoms with E-state index in [0.29, 0.717) is 0 Å². The average molecular weight is 136 g/mol. The number of nitrogens with zero attached hydrogens (tertiary/aromatic N) is 1. The maximum atomic E-state index is 10.4. The quantitative estimate of drug-likeness (QED) is 0.577. The van der Waals surface area contributed by atoms with E-state index in [1.54, 1.807) is 0 Å². The van der Waals surface area contributed by atoms with Crippen LogP contribution in [-0.4, -0.2) is 4.98 Å². The van der Waals surface area contributed by atoms with Gasteiger partial charge < -0.3 is 0 Å². The topological polar surface area (TPSA) is 32.8 Å². The van der Waals surface area contributed by atoms with Gasteiger partial charge in [-0.2, -0.15) is 0 Å². The van der Waals surface area contributed by atoms with Crippen LogP contribution in [0, 0.1) is 13.8 Å². The van der Waals surface area contributed by atoms with Crippen LogP contribution < -0.4 is 0 Å². The first-order valence-electron chi connectivity index (χ1n) is 3.24. The fourth-order valence-corrected chi connectivity index (χ4v) is 1.00. The third kappa shape index (κ3) is 1.54. The minimum absolute atomic E-state index is 0.149. The number of rotatable bonds is 1. The van der Waals surface area contributed by atoms with Crippen LogP contribution in [-0.2, 0) is 11.7 Å². The minimum atomic E-state index is -0.149. The van der Waals surface area contributed by atoms with E-state index >= 15 is 0 Å². The molecule has 1 radical (unpaired) electrons. The van der Waals surface area contributed by atoms with Crippen LogP contribution in [0.2, 0.25) is 0 Å². The van der Waals surface area contributed by atoms with Crippen LogP contribution in [0.1, 0.15) is 17.0 Å². The summed E-state index contributed by atoms with van der Waals surface area (Å²) >= 11 is 0. The van der Waals surface area contributed by atoms with Crippen molar-refractivity contribution in [2.75, 3.05) is 0 Å². The molecule has 1 rings (SSSR count). The molecule has 0 fully saturated rings. The Morgan fingerprint density at radius 1 is 1.30 bits per heavy atom. The molecule has 1 aromatic rings. The summed E-state index contributed by atoms with van der Waals surface area (Å²) in [6.45, 7) is 3.64. The molecule has 0 saturated heterocycles. The molecule has 1 heterocycles. The Balaban J connectivity index is 3.06. The number of pyridine rings is 1. The summed E-state index contributed by atoms with van der Waals surface area (Å²) < 4.78 is 0. The minimum Gasteiger partial charge on any atom is -0.258 e. The summed E-state index contributed by atoms with van der Waals surface area (Å²) in [6.07, 6.45) is 0. The maximum Gasteiger partial charge on any atom is 0.107 e. The predicted molar refractivity (Wildman–Crippen MR) is 38.1 cm³/mol. The van der Waals surface area contributed by atoms with Crippen LogP contribution in [0.25, 0.3) is 0 Å². The molecule has 0 saturated carbocycles.